The first-order chi connectivity index (χ1) is 30.4. The van der Waals surface area contributed by atoms with E-state index >= 15 is 0 Å². The Bertz CT molecular complexity index is 2440. The summed E-state index contributed by atoms with van der Waals surface area (Å²) in [6.07, 6.45) is 5.33. The number of imide groups is 1. The van der Waals surface area contributed by atoms with Crippen LogP contribution < -0.4 is 30.9 Å². The van der Waals surface area contributed by atoms with Crippen molar-refractivity contribution in [1.29, 1.82) is 0 Å². The number of carbonyl (C=O) groups is 4. The molecule has 1 atom stereocenters. The second-order valence-corrected chi connectivity index (χ2v) is 21.4. The predicted molar refractivity (Wildman–Crippen MR) is 248 cm³/mol. The maximum absolute atomic E-state index is 13.2. The molecule has 3 N–H and O–H groups in total. The van der Waals surface area contributed by atoms with Gasteiger partial charge in [0.05, 0.1) is 24.7 Å². The summed E-state index contributed by atoms with van der Waals surface area (Å²) in [6.45, 7) is 8.79. The van der Waals surface area contributed by atoms with Crippen LogP contribution in [0.15, 0.2) is 71.8 Å². The molecule has 4 aliphatic heterocycles. The third kappa shape index (κ3) is 10.1. The Hall–Kier alpha value is -5.15. The summed E-state index contributed by atoms with van der Waals surface area (Å²) in [5, 5.41) is 9.92. The molecule has 18 heteroatoms. The van der Waals surface area contributed by atoms with Crippen molar-refractivity contribution in [3.8, 4) is 5.75 Å². The maximum atomic E-state index is 13.2. The number of ether oxygens (including phenoxy) is 1. The fourth-order valence-corrected chi connectivity index (χ4v) is 11.2. The van der Waals surface area contributed by atoms with Gasteiger partial charge in [-0.05, 0) is 86.7 Å². The van der Waals surface area contributed by atoms with Crippen LogP contribution in [0.5, 0.6) is 5.75 Å². The standard InChI is InChI=1S/C45H53ClN9O6PS/c1-61-37-26-30(13-14-34(37)49-45-47-27-33(46)42(51-45)48-35-9-4-5-10-38(35)62(2,3)60)52-19-17-29(18-20-52)53-21-23-54(24-22-53)41(57)12-7-25-63-39-11-6-8-31-32(39)28-55(44(31)59)36-15-16-40(56)50-43(36)58/h4-6,8-11,13-14,26-27,29,36H,7,12,15-25,28H2,1-3H3,(H,50,56,58)(H2,47,48,49,51). The molecule has 63 heavy (non-hydrogen) atoms. The van der Waals surface area contributed by atoms with Crippen molar-refractivity contribution in [3.05, 3.63) is 83.0 Å². The van der Waals surface area contributed by atoms with Gasteiger partial charge in [0.15, 0.2) is 5.82 Å². The molecule has 3 aromatic carbocycles. The lowest BCUT2D eigenvalue weighted by molar-refractivity contribution is -0.137. The van der Waals surface area contributed by atoms with Crippen molar-refractivity contribution in [2.75, 3.05) is 81.0 Å². The summed E-state index contributed by atoms with van der Waals surface area (Å²) < 4.78 is 18.7. The number of thioether (sulfide) groups is 1. The van der Waals surface area contributed by atoms with Gasteiger partial charge < -0.3 is 34.6 Å². The molecule has 15 nitrogen and oxygen atoms in total. The number of methoxy groups -OCH3 is 1. The van der Waals surface area contributed by atoms with Gasteiger partial charge in [0.2, 0.25) is 23.7 Å². The first-order valence-electron chi connectivity index (χ1n) is 21.4. The number of rotatable bonds is 14. The molecule has 3 fully saturated rings. The zero-order chi connectivity index (χ0) is 44.3. The highest BCUT2D eigenvalue weighted by atomic mass is 35.5. The Kier molecular flexibility index (Phi) is 13.6. The molecule has 332 valence electrons. The van der Waals surface area contributed by atoms with Crippen LogP contribution in [0.2, 0.25) is 5.02 Å². The minimum atomic E-state index is -2.56. The smallest absolute Gasteiger partial charge is 0.255 e. The lowest BCUT2D eigenvalue weighted by Gasteiger charge is -2.43. The number of amides is 4. The molecule has 4 aliphatic rings. The summed E-state index contributed by atoms with van der Waals surface area (Å²) >= 11 is 8.13. The first-order valence-corrected chi connectivity index (χ1v) is 25.4. The van der Waals surface area contributed by atoms with E-state index in [0.29, 0.717) is 70.2 Å². The lowest BCUT2D eigenvalue weighted by Crippen LogP contribution is -2.54. The molecule has 3 saturated heterocycles. The number of aromatic nitrogens is 2. The highest BCUT2D eigenvalue weighted by Gasteiger charge is 2.40. The molecule has 0 saturated carbocycles. The van der Waals surface area contributed by atoms with Crippen LogP contribution in [0.4, 0.5) is 28.8 Å². The average Bonchev–Trinajstić information content (AvgIpc) is 3.62. The predicted octanol–water partition coefficient (Wildman–Crippen LogP) is 6.32. The first kappa shape index (κ1) is 44.5. The number of hydrogen-bond acceptors (Lipinski definition) is 13. The minimum Gasteiger partial charge on any atom is -0.494 e. The molecule has 4 aromatic rings. The van der Waals surface area contributed by atoms with E-state index < -0.39 is 19.1 Å². The van der Waals surface area contributed by atoms with E-state index in [1.807, 2.05) is 53.4 Å². The van der Waals surface area contributed by atoms with Crippen LogP contribution in [0.1, 0.15) is 54.4 Å². The van der Waals surface area contributed by atoms with Gasteiger partial charge in [0, 0.05) is 92.2 Å². The molecule has 4 amide bonds. The molecule has 1 aromatic heterocycles. The molecular formula is C45H53ClN9O6PS. The van der Waals surface area contributed by atoms with Gasteiger partial charge in [-0.1, -0.05) is 29.8 Å². The minimum absolute atomic E-state index is 0.177. The Morgan fingerprint density at radius 3 is 2.48 bits per heavy atom. The van der Waals surface area contributed by atoms with E-state index in [1.54, 1.807) is 43.2 Å². The van der Waals surface area contributed by atoms with Crippen molar-refractivity contribution in [3.63, 3.8) is 0 Å². The van der Waals surface area contributed by atoms with E-state index in [4.69, 9.17) is 16.3 Å². The van der Waals surface area contributed by atoms with E-state index in [0.717, 1.165) is 80.4 Å². The monoisotopic (exact) mass is 913 g/mol. The number of piperazine rings is 1. The van der Waals surface area contributed by atoms with E-state index in [-0.39, 0.29) is 24.1 Å². The number of anilines is 5. The number of fused-ring (bicyclic) bond motifs is 1. The number of piperidine rings is 2. The molecule has 8 rings (SSSR count). The Balaban J connectivity index is 0.776. The molecule has 0 spiro atoms. The Morgan fingerprint density at radius 2 is 1.73 bits per heavy atom. The summed E-state index contributed by atoms with van der Waals surface area (Å²) in [4.78, 5) is 69.1. The van der Waals surface area contributed by atoms with Gasteiger partial charge in [-0.25, -0.2) is 4.98 Å². The summed E-state index contributed by atoms with van der Waals surface area (Å²) in [5.74, 6) is 1.41. The summed E-state index contributed by atoms with van der Waals surface area (Å²) in [5.41, 5.74) is 3.98. The van der Waals surface area contributed by atoms with Crippen molar-refractivity contribution in [2.24, 2.45) is 0 Å². The van der Waals surface area contributed by atoms with Gasteiger partial charge in [-0.2, -0.15) is 4.98 Å². The number of carbonyl (C=O) groups excluding carboxylic acids is 4. The fourth-order valence-electron chi connectivity index (χ4n) is 8.87. The Labute approximate surface area is 377 Å². The quantitative estimate of drug-likeness (QED) is 0.0557. The SMILES string of the molecule is COc1cc(N2CCC(N3CCN(C(=O)CCCSc4cccc5c4CN(C4CCC(=O)NC4=O)C5=O)CC3)CC2)ccc1Nc1ncc(Cl)c(Nc2ccccc2P(C)(C)=O)n1. The van der Waals surface area contributed by atoms with Crippen molar-refractivity contribution in [1.82, 2.24) is 30.0 Å². The fraction of sp³-hybridized carbons (Fsp3) is 0.422. The highest BCUT2D eigenvalue weighted by molar-refractivity contribution is 7.99. The van der Waals surface area contributed by atoms with Gasteiger partial charge in [0.1, 0.15) is 24.0 Å². The van der Waals surface area contributed by atoms with Gasteiger partial charge in [-0.15, -0.1) is 11.8 Å². The van der Waals surface area contributed by atoms with Crippen LogP contribution in [-0.2, 0) is 25.5 Å². The van der Waals surface area contributed by atoms with Crippen molar-refractivity contribution >= 4 is 88.3 Å². The van der Waals surface area contributed by atoms with Crippen LogP contribution >= 0.6 is 30.5 Å². The van der Waals surface area contributed by atoms with Crippen molar-refractivity contribution in [2.45, 2.75) is 62.0 Å². The van der Waals surface area contributed by atoms with Crippen LogP contribution in [0.3, 0.4) is 0 Å². The molecule has 5 heterocycles. The summed E-state index contributed by atoms with van der Waals surface area (Å²) in [6, 6.07) is 19.0. The van der Waals surface area contributed by atoms with Crippen LogP contribution in [-0.4, -0.2) is 126 Å². The molecular weight excluding hydrogens is 861 g/mol. The number of hydrogen-bond donors (Lipinski definition) is 3. The normalized spacial score (nSPS) is 18.6. The highest BCUT2D eigenvalue weighted by Crippen LogP contribution is 2.40. The number of halogens is 1. The zero-order valence-corrected chi connectivity index (χ0v) is 38.2. The molecule has 0 aliphatic carbocycles. The largest absolute Gasteiger partial charge is 0.494 e. The summed E-state index contributed by atoms with van der Waals surface area (Å²) in [7, 11) is -0.917. The second kappa shape index (κ2) is 19.3. The third-order valence-corrected chi connectivity index (χ3v) is 15.3. The van der Waals surface area contributed by atoms with Gasteiger partial charge in [-0.3, -0.25) is 29.4 Å². The third-order valence-electron chi connectivity index (χ3n) is 12.3. The molecule has 0 bridgehead atoms. The van der Waals surface area contributed by atoms with Crippen molar-refractivity contribution < 1.29 is 28.5 Å². The number of nitrogens with zero attached hydrogens (tertiary/aromatic N) is 6. The average molecular weight is 914 g/mol. The van der Waals surface area contributed by atoms with Crippen LogP contribution in [0.25, 0.3) is 0 Å². The van der Waals surface area contributed by atoms with Gasteiger partial charge in [0.25, 0.3) is 5.91 Å². The van der Waals surface area contributed by atoms with E-state index in [2.05, 4.69) is 41.8 Å². The van der Waals surface area contributed by atoms with E-state index in [1.165, 1.54) is 6.20 Å². The van der Waals surface area contributed by atoms with Gasteiger partial charge >= 0.3 is 0 Å². The topological polar surface area (TPSA) is 169 Å². The zero-order valence-electron chi connectivity index (χ0n) is 35.8. The maximum Gasteiger partial charge on any atom is 0.255 e. The Morgan fingerprint density at radius 1 is 0.952 bits per heavy atom. The van der Waals surface area contributed by atoms with E-state index in [9.17, 15) is 23.7 Å². The lowest BCUT2D eigenvalue weighted by atomic mass is 10.0. The second-order valence-electron chi connectivity index (χ2n) is 16.7. The number of nitrogens with one attached hydrogen (secondary N) is 3. The number of para-hydroxylation sites is 1. The number of benzene rings is 3. The van der Waals surface area contributed by atoms with Crippen LogP contribution in [0, 0.1) is 0 Å². The molecule has 1 unspecified atom stereocenters. The molecule has 0 radical (unpaired) electrons.